The quantitative estimate of drug-likeness (QED) is 0.758. The standard InChI is InChI=1S/C11H10N2O2S/c14-11(9-12-6-3-4-7-12)15-13-8-2-1-5-10(13)16/h1-8H,9H2. The summed E-state index contributed by atoms with van der Waals surface area (Å²) in [5.41, 5.74) is 0. The molecule has 82 valence electrons. The van der Waals surface area contributed by atoms with E-state index < -0.39 is 0 Å². The molecular weight excluding hydrogens is 224 g/mol. The molecule has 0 spiro atoms. The summed E-state index contributed by atoms with van der Waals surface area (Å²) < 4.78 is 3.47. The van der Waals surface area contributed by atoms with Crippen molar-refractivity contribution in [2.45, 2.75) is 6.54 Å². The Morgan fingerprint density at radius 3 is 2.56 bits per heavy atom. The number of hydrogen-bond donors (Lipinski definition) is 0. The van der Waals surface area contributed by atoms with Crippen LogP contribution in [0.3, 0.4) is 0 Å². The van der Waals surface area contributed by atoms with Gasteiger partial charge in [-0.2, -0.15) is 4.73 Å². The second-order valence-corrected chi connectivity index (χ2v) is 3.60. The van der Waals surface area contributed by atoms with Gasteiger partial charge in [0.25, 0.3) is 0 Å². The van der Waals surface area contributed by atoms with Crippen LogP contribution in [0.5, 0.6) is 0 Å². The van der Waals surface area contributed by atoms with Crippen molar-refractivity contribution in [2.75, 3.05) is 0 Å². The Hall–Kier alpha value is -1.88. The van der Waals surface area contributed by atoms with Crippen molar-refractivity contribution in [3.05, 3.63) is 53.6 Å². The average molecular weight is 234 g/mol. The normalized spacial score (nSPS) is 10.0. The second kappa shape index (κ2) is 4.76. The van der Waals surface area contributed by atoms with E-state index in [1.165, 1.54) is 4.73 Å². The van der Waals surface area contributed by atoms with Crippen molar-refractivity contribution in [2.24, 2.45) is 0 Å². The van der Waals surface area contributed by atoms with Gasteiger partial charge in [-0.3, -0.25) is 0 Å². The van der Waals surface area contributed by atoms with Gasteiger partial charge in [-0.1, -0.05) is 18.3 Å². The van der Waals surface area contributed by atoms with Gasteiger partial charge in [0, 0.05) is 18.6 Å². The lowest BCUT2D eigenvalue weighted by Crippen LogP contribution is -2.23. The van der Waals surface area contributed by atoms with Crippen LogP contribution in [0.4, 0.5) is 0 Å². The molecule has 0 radical (unpaired) electrons. The van der Waals surface area contributed by atoms with Gasteiger partial charge in [0.05, 0.1) is 0 Å². The highest BCUT2D eigenvalue weighted by Gasteiger charge is 2.04. The average Bonchev–Trinajstić information content (AvgIpc) is 2.74. The van der Waals surface area contributed by atoms with Crippen molar-refractivity contribution in [1.82, 2.24) is 9.30 Å². The van der Waals surface area contributed by atoms with Gasteiger partial charge in [-0.25, -0.2) is 4.79 Å². The molecule has 0 unspecified atom stereocenters. The molecule has 0 bridgehead atoms. The van der Waals surface area contributed by atoms with Crippen LogP contribution < -0.4 is 4.84 Å². The number of rotatable bonds is 3. The number of aromatic nitrogens is 2. The predicted molar refractivity (Wildman–Crippen MR) is 61.3 cm³/mol. The highest BCUT2D eigenvalue weighted by atomic mass is 32.1. The predicted octanol–water partition coefficient (Wildman–Crippen LogP) is 1.67. The van der Waals surface area contributed by atoms with Crippen LogP contribution in [0.2, 0.25) is 0 Å². The Bertz CT molecular complexity index is 531. The number of hydrogen-bond acceptors (Lipinski definition) is 3. The molecule has 0 aliphatic heterocycles. The fourth-order valence-corrected chi connectivity index (χ4v) is 1.43. The summed E-state index contributed by atoms with van der Waals surface area (Å²) in [6.07, 6.45) is 5.20. The van der Waals surface area contributed by atoms with Crippen molar-refractivity contribution in [3.63, 3.8) is 0 Å². The summed E-state index contributed by atoms with van der Waals surface area (Å²) in [5.74, 6) is -0.362. The van der Waals surface area contributed by atoms with Crippen molar-refractivity contribution < 1.29 is 9.63 Å². The molecular formula is C11H10N2O2S. The fraction of sp³-hybridized carbons (Fsp3) is 0.0909. The molecule has 0 fully saturated rings. The number of nitrogens with zero attached hydrogens (tertiary/aromatic N) is 2. The van der Waals surface area contributed by atoms with Crippen LogP contribution in [-0.2, 0) is 11.3 Å². The van der Waals surface area contributed by atoms with Crippen LogP contribution in [0, 0.1) is 4.64 Å². The Labute approximate surface area is 97.7 Å². The Morgan fingerprint density at radius 1 is 1.19 bits per heavy atom. The van der Waals surface area contributed by atoms with E-state index in [2.05, 4.69) is 0 Å². The zero-order chi connectivity index (χ0) is 11.4. The SMILES string of the molecule is O=C(Cn1cccc1)On1ccccc1=S. The summed E-state index contributed by atoms with van der Waals surface area (Å²) in [4.78, 5) is 16.6. The topological polar surface area (TPSA) is 36.2 Å². The molecule has 0 amide bonds. The molecule has 2 aromatic rings. The summed E-state index contributed by atoms with van der Waals surface area (Å²) in [5, 5.41) is 0. The van der Waals surface area contributed by atoms with Gasteiger partial charge < -0.3 is 9.40 Å². The Morgan fingerprint density at radius 2 is 1.88 bits per heavy atom. The molecule has 16 heavy (non-hydrogen) atoms. The van der Waals surface area contributed by atoms with Crippen LogP contribution in [0.15, 0.2) is 48.9 Å². The first-order chi connectivity index (χ1) is 7.75. The Balaban J connectivity index is 2.03. The monoisotopic (exact) mass is 234 g/mol. The molecule has 2 rings (SSSR count). The third-order valence-electron chi connectivity index (χ3n) is 1.97. The van der Waals surface area contributed by atoms with E-state index in [9.17, 15) is 4.79 Å². The van der Waals surface area contributed by atoms with Gasteiger partial charge >= 0.3 is 5.97 Å². The van der Waals surface area contributed by atoms with Crippen LogP contribution >= 0.6 is 12.2 Å². The second-order valence-electron chi connectivity index (χ2n) is 3.18. The first-order valence-corrected chi connectivity index (χ1v) is 5.16. The van der Waals surface area contributed by atoms with Crippen molar-refractivity contribution >= 4 is 18.2 Å². The molecule has 0 saturated carbocycles. The fourth-order valence-electron chi connectivity index (χ4n) is 1.25. The lowest BCUT2D eigenvalue weighted by atomic mass is 10.5. The number of carbonyl (C=O) groups excluding carboxylic acids is 1. The molecule has 2 aromatic heterocycles. The first kappa shape index (κ1) is 10.6. The van der Waals surface area contributed by atoms with Crippen LogP contribution in [0.25, 0.3) is 0 Å². The van der Waals surface area contributed by atoms with E-state index in [1.807, 2.05) is 12.1 Å². The molecule has 0 saturated heterocycles. The minimum Gasteiger partial charge on any atom is -0.343 e. The zero-order valence-electron chi connectivity index (χ0n) is 8.45. The smallest absolute Gasteiger partial charge is 0.343 e. The van der Waals surface area contributed by atoms with E-state index in [1.54, 1.807) is 41.4 Å². The minimum atomic E-state index is -0.362. The zero-order valence-corrected chi connectivity index (χ0v) is 9.26. The lowest BCUT2D eigenvalue weighted by molar-refractivity contribution is -0.145. The van der Waals surface area contributed by atoms with E-state index in [-0.39, 0.29) is 12.5 Å². The van der Waals surface area contributed by atoms with Gasteiger partial charge in [0.2, 0.25) is 0 Å². The molecule has 0 aromatic carbocycles. The summed E-state index contributed by atoms with van der Waals surface area (Å²) in [7, 11) is 0. The van der Waals surface area contributed by atoms with Crippen LogP contribution in [0.1, 0.15) is 0 Å². The van der Waals surface area contributed by atoms with E-state index in [0.29, 0.717) is 4.64 Å². The lowest BCUT2D eigenvalue weighted by Gasteiger charge is -2.07. The molecule has 0 N–H and O–H groups in total. The Kier molecular flexibility index (Phi) is 3.16. The van der Waals surface area contributed by atoms with Gasteiger partial charge in [0.1, 0.15) is 11.2 Å². The van der Waals surface area contributed by atoms with E-state index in [0.717, 1.165) is 0 Å². The molecule has 0 aliphatic carbocycles. The van der Waals surface area contributed by atoms with E-state index >= 15 is 0 Å². The summed E-state index contributed by atoms with van der Waals surface area (Å²) >= 11 is 5.00. The maximum Gasteiger partial charge on any atom is 0.352 e. The highest BCUT2D eigenvalue weighted by molar-refractivity contribution is 7.71. The maximum absolute atomic E-state index is 11.5. The van der Waals surface area contributed by atoms with Gasteiger partial charge in [0.15, 0.2) is 0 Å². The third-order valence-corrected chi connectivity index (χ3v) is 2.28. The highest BCUT2D eigenvalue weighted by Crippen LogP contribution is 1.93. The number of pyridine rings is 1. The van der Waals surface area contributed by atoms with Crippen molar-refractivity contribution in [1.29, 1.82) is 0 Å². The van der Waals surface area contributed by atoms with E-state index in [4.69, 9.17) is 17.1 Å². The molecule has 0 aliphatic rings. The maximum atomic E-state index is 11.5. The molecule has 4 nitrogen and oxygen atoms in total. The minimum absolute atomic E-state index is 0.170. The van der Waals surface area contributed by atoms with Crippen LogP contribution in [-0.4, -0.2) is 15.3 Å². The molecule has 0 atom stereocenters. The largest absolute Gasteiger partial charge is 0.352 e. The first-order valence-electron chi connectivity index (χ1n) is 4.75. The van der Waals surface area contributed by atoms with Gasteiger partial charge in [-0.05, 0) is 24.3 Å². The molecule has 2 heterocycles. The summed E-state index contributed by atoms with van der Waals surface area (Å²) in [6.45, 7) is 0.170. The summed E-state index contributed by atoms with van der Waals surface area (Å²) in [6, 6.07) is 8.93. The van der Waals surface area contributed by atoms with Gasteiger partial charge in [-0.15, -0.1) is 0 Å². The third kappa shape index (κ3) is 2.58. The van der Waals surface area contributed by atoms with Crippen molar-refractivity contribution in [3.8, 4) is 0 Å². The number of carbonyl (C=O) groups is 1. The molecule has 5 heteroatoms.